The fourth-order valence-electron chi connectivity index (χ4n) is 2.52. The number of benzene rings is 2. The molecular weight excluding hydrogens is 380 g/mol. The summed E-state index contributed by atoms with van der Waals surface area (Å²) in [4.78, 5) is 13.4. The standard InChI is InChI=1S/C20H24N2O3S2/c1-4-22(5-2)27(24,25)19-12-9-16(10-13-19)11-14-20(23)21-17-7-6-8-18(15-17)26-3/h6-15H,4-5H2,1-3H3,(H,21,23). The van der Waals surface area contributed by atoms with Crippen molar-refractivity contribution in [2.24, 2.45) is 0 Å². The minimum atomic E-state index is -3.47. The Morgan fingerprint density at radius 3 is 2.37 bits per heavy atom. The first-order chi connectivity index (χ1) is 12.9. The van der Waals surface area contributed by atoms with Crippen LogP contribution in [0, 0.1) is 0 Å². The van der Waals surface area contributed by atoms with Gasteiger partial charge in [0.15, 0.2) is 0 Å². The normalized spacial score (nSPS) is 11.9. The molecule has 1 amide bonds. The van der Waals surface area contributed by atoms with Crippen molar-refractivity contribution in [2.45, 2.75) is 23.6 Å². The van der Waals surface area contributed by atoms with E-state index in [0.717, 1.165) is 16.1 Å². The average Bonchev–Trinajstić information content (AvgIpc) is 2.67. The summed E-state index contributed by atoms with van der Waals surface area (Å²) in [5.41, 5.74) is 1.48. The number of nitrogens with one attached hydrogen (secondary N) is 1. The predicted molar refractivity (Wildman–Crippen MR) is 112 cm³/mol. The van der Waals surface area contributed by atoms with Gasteiger partial charge in [-0.15, -0.1) is 11.8 Å². The summed E-state index contributed by atoms with van der Waals surface area (Å²) in [7, 11) is -3.47. The molecule has 2 rings (SSSR count). The van der Waals surface area contributed by atoms with E-state index < -0.39 is 10.0 Å². The van der Waals surface area contributed by atoms with E-state index >= 15 is 0 Å². The Morgan fingerprint density at radius 2 is 1.78 bits per heavy atom. The zero-order chi connectivity index (χ0) is 19.9. The van der Waals surface area contributed by atoms with Gasteiger partial charge in [-0.1, -0.05) is 32.0 Å². The van der Waals surface area contributed by atoms with Gasteiger partial charge in [-0.05, 0) is 48.2 Å². The second-order valence-corrected chi connectivity index (χ2v) is 8.53. The Hall–Kier alpha value is -2.09. The molecule has 0 saturated heterocycles. The van der Waals surface area contributed by atoms with Gasteiger partial charge in [0.2, 0.25) is 15.9 Å². The SMILES string of the molecule is CCN(CC)S(=O)(=O)c1ccc(C=CC(=O)Nc2cccc(SC)c2)cc1. The topological polar surface area (TPSA) is 66.5 Å². The van der Waals surface area contributed by atoms with Crippen LogP contribution in [0.25, 0.3) is 6.08 Å². The van der Waals surface area contributed by atoms with Crippen molar-refractivity contribution in [1.29, 1.82) is 0 Å². The van der Waals surface area contributed by atoms with Gasteiger partial charge in [0.25, 0.3) is 0 Å². The van der Waals surface area contributed by atoms with E-state index in [-0.39, 0.29) is 10.8 Å². The lowest BCUT2D eigenvalue weighted by molar-refractivity contribution is -0.111. The number of carbonyl (C=O) groups excluding carboxylic acids is 1. The van der Waals surface area contributed by atoms with E-state index in [0.29, 0.717) is 13.1 Å². The molecule has 0 aliphatic rings. The summed E-state index contributed by atoms with van der Waals surface area (Å²) in [6.45, 7) is 4.48. The third-order valence-electron chi connectivity index (χ3n) is 3.99. The van der Waals surface area contributed by atoms with Crippen LogP contribution in [0.4, 0.5) is 5.69 Å². The maximum absolute atomic E-state index is 12.5. The Kier molecular flexibility index (Phi) is 7.65. The van der Waals surface area contributed by atoms with Crippen LogP contribution in [-0.4, -0.2) is 38.0 Å². The molecule has 0 atom stereocenters. The predicted octanol–water partition coefficient (Wildman–Crippen LogP) is 4.09. The number of anilines is 1. The van der Waals surface area contributed by atoms with Crippen molar-refractivity contribution in [3.8, 4) is 0 Å². The molecule has 2 aromatic rings. The number of sulfonamides is 1. The lowest BCUT2D eigenvalue weighted by atomic mass is 10.2. The van der Waals surface area contributed by atoms with Crippen molar-refractivity contribution in [3.05, 3.63) is 60.2 Å². The fraction of sp³-hybridized carbons (Fsp3) is 0.250. The van der Waals surface area contributed by atoms with E-state index in [1.54, 1.807) is 42.1 Å². The summed E-state index contributed by atoms with van der Waals surface area (Å²) >= 11 is 1.61. The molecular formula is C20H24N2O3S2. The van der Waals surface area contributed by atoms with E-state index in [1.165, 1.54) is 10.4 Å². The van der Waals surface area contributed by atoms with Crippen LogP contribution in [0.3, 0.4) is 0 Å². The highest BCUT2D eigenvalue weighted by atomic mass is 32.2. The molecule has 0 radical (unpaired) electrons. The van der Waals surface area contributed by atoms with Crippen LogP contribution in [0.15, 0.2) is 64.4 Å². The van der Waals surface area contributed by atoms with Crippen molar-refractivity contribution in [3.63, 3.8) is 0 Å². The molecule has 0 aromatic heterocycles. The minimum Gasteiger partial charge on any atom is -0.322 e. The smallest absolute Gasteiger partial charge is 0.248 e. The number of nitrogens with zero attached hydrogens (tertiary/aromatic N) is 1. The molecule has 144 valence electrons. The third kappa shape index (κ3) is 5.69. The van der Waals surface area contributed by atoms with E-state index in [9.17, 15) is 13.2 Å². The van der Waals surface area contributed by atoms with E-state index in [2.05, 4.69) is 5.32 Å². The number of amides is 1. The summed E-state index contributed by atoms with van der Waals surface area (Å²) in [5, 5.41) is 2.81. The summed E-state index contributed by atoms with van der Waals surface area (Å²) in [5.74, 6) is -0.243. The van der Waals surface area contributed by atoms with Gasteiger partial charge in [0.05, 0.1) is 4.90 Å². The summed E-state index contributed by atoms with van der Waals surface area (Å²) < 4.78 is 26.3. The largest absolute Gasteiger partial charge is 0.322 e. The third-order valence-corrected chi connectivity index (χ3v) is 6.78. The van der Waals surface area contributed by atoms with Gasteiger partial charge < -0.3 is 5.32 Å². The quantitative estimate of drug-likeness (QED) is 0.532. The molecule has 1 N–H and O–H groups in total. The van der Waals surface area contributed by atoms with Gasteiger partial charge >= 0.3 is 0 Å². The maximum atomic E-state index is 12.5. The maximum Gasteiger partial charge on any atom is 0.248 e. The first kappa shape index (κ1) is 21.2. The number of carbonyl (C=O) groups is 1. The summed E-state index contributed by atoms with van der Waals surface area (Å²) in [6.07, 6.45) is 5.06. The molecule has 0 aliphatic carbocycles. The highest BCUT2D eigenvalue weighted by molar-refractivity contribution is 7.98. The van der Waals surface area contributed by atoms with Gasteiger partial charge in [-0.25, -0.2) is 8.42 Å². The van der Waals surface area contributed by atoms with Crippen LogP contribution in [0.1, 0.15) is 19.4 Å². The van der Waals surface area contributed by atoms with Crippen molar-refractivity contribution < 1.29 is 13.2 Å². The molecule has 2 aromatic carbocycles. The van der Waals surface area contributed by atoms with Crippen LogP contribution in [-0.2, 0) is 14.8 Å². The van der Waals surface area contributed by atoms with Crippen LogP contribution in [0.5, 0.6) is 0 Å². The first-order valence-corrected chi connectivity index (χ1v) is 11.3. The van der Waals surface area contributed by atoms with Gasteiger partial charge in [0, 0.05) is 29.7 Å². The Labute approximate surface area is 165 Å². The van der Waals surface area contributed by atoms with Crippen molar-refractivity contribution >= 4 is 39.5 Å². The molecule has 0 spiro atoms. The molecule has 5 nitrogen and oxygen atoms in total. The summed E-state index contributed by atoms with van der Waals surface area (Å²) in [6, 6.07) is 14.1. The minimum absolute atomic E-state index is 0.243. The lowest BCUT2D eigenvalue weighted by Gasteiger charge is -2.18. The Balaban J connectivity index is 2.06. The van der Waals surface area contributed by atoms with Gasteiger partial charge in [-0.3, -0.25) is 4.79 Å². The second-order valence-electron chi connectivity index (χ2n) is 5.71. The average molecular weight is 405 g/mol. The van der Waals surface area contributed by atoms with Crippen molar-refractivity contribution in [2.75, 3.05) is 24.7 Å². The van der Waals surface area contributed by atoms with Gasteiger partial charge in [0.1, 0.15) is 0 Å². The highest BCUT2D eigenvalue weighted by Crippen LogP contribution is 2.19. The number of thioether (sulfide) groups is 1. The second kappa shape index (κ2) is 9.73. The Morgan fingerprint density at radius 1 is 1.11 bits per heavy atom. The van der Waals surface area contributed by atoms with E-state index in [4.69, 9.17) is 0 Å². The van der Waals surface area contributed by atoms with Gasteiger partial charge in [-0.2, -0.15) is 4.31 Å². The Bertz CT molecular complexity index is 903. The lowest BCUT2D eigenvalue weighted by Crippen LogP contribution is -2.30. The molecule has 7 heteroatoms. The number of hydrogen-bond acceptors (Lipinski definition) is 4. The number of rotatable bonds is 8. The van der Waals surface area contributed by atoms with Crippen LogP contribution in [0.2, 0.25) is 0 Å². The zero-order valence-electron chi connectivity index (χ0n) is 15.7. The van der Waals surface area contributed by atoms with E-state index in [1.807, 2.05) is 44.4 Å². The molecule has 0 aliphatic heterocycles. The molecule has 0 unspecified atom stereocenters. The molecule has 27 heavy (non-hydrogen) atoms. The molecule has 0 heterocycles. The zero-order valence-corrected chi connectivity index (χ0v) is 17.3. The monoisotopic (exact) mass is 404 g/mol. The molecule has 0 fully saturated rings. The number of hydrogen-bond donors (Lipinski definition) is 1. The first-order valence-electron chi connectivity index (χ1n) is 8.64. The van der Waals surface area contributed by atoms with Crippen molar-refractivity contribution in [1.82, 2.24) is 4.31 Å². The highest BCUT2D eigenvalue weighted by Gasteiger charge is 2.20. The molecule has 0 saturated carbocycles. The van der Waals surface area contributed by atoms with Crippen LogP contribution < -0.4 is 5.32 Å². The van der Waals surface area contributed by atoms with Crippen LogP contribution >= 0.6 is 11.8 Å². The molecule has 0 bridgehead atoms. The fourth-order valence-corrected chi connectivity index (χ4v) is 4.44.